The Kier molecular flexibility index (Phi) is 7.40. The minimum Gasteiger partial charge on any atom is -0.383 e. The van der Waals surface area contributed by atoms with E-state index in [0.29, 0.717) is 35.7 Å². The molecule has 0 saturated carbocycles. The topological polar surface area (TPSA) is 114 Å². The maximum atomic E-state index is 12.6. The Labute approximate surface area is 184 Å². The van der Waals surface area contributed by atoms with Gasteiger partial charge in [-0.15, -0.1) is 11.3 Å². The first-order chi connectivity index (χ1) is 14.9. The first-order valence-corrected chi connectivity index (χ1v) is 11.6. The molecule has 31 heavy (non-hydrogen) atoms. The Morgan fingerprint density at radius 3 is 2.39 bits per heavy atom. The highest BCUT2D eigenvalue weighted by molar-refractivity contribution is 7.94. The van der Waals surface area contributed by atoms with Gasteiger partial charge >= 0.3 is 0 Å². The summed E-state index contributed by atoms with van der Waals surface area (Å²) in [5.74, 6) is -0.754. The normalized spacial score (nSPS) is 11.0. The van der Waals surface area contributed by atoms with Crippen LogP contribution in [0.5, 0.6) is 0 Å². The van der Waals surface area contributed by atoms with E-state index in [2.05, 4.69) is 15.4 Å². The fraction of sp³-hybridized carbons (Fsp3) is 0.143. The van der Waals surface area contributed by atoms with E-state index in [1.54, 1.807) is 42.8 Å². The van der Waals surface area contributed by atoms with Crippen LogP contribution in [0.4, 0.5) is 11.4 Å². The number of sulfonamides is 1. The van der Waals surface area contributed by atoms with Gasteiger partial charge in [0.25, 0.3) is 21.8 Å². The van der Waals surface area contributed by atoms with Gasteiger partial charge in [0, 0.05) is 24.9 Å². The zero-order chi connectivity index (χ0) is 22.3. The number of benzene rings is 2. The molecule has 0 aliphatic heterocycles. The molecular formula is C21H21N3O5S2. The van der Waals surface area contributed by atoms with E-state index in [-0.39, 0.29) is 10.1 Å². The molecule has 0 spiro atoms. The van der Waals surface area contributed by atoms with Crippen molar-refractivity contribution in [3.8, 4) is 0 Å². The molecule has 0 unspecified atom stereocenters. The molecule has 1 aromatic heterocycles. The summed E-state index contributed by atoms with van der Waals surface area (Å²) in [4.78, 5) is 25.0. The number of para-hydroxylation sites is 1. The maximum absolute atomic E-state index is 12.6. The number of hydrogen-bond donors (Lipinski definition) is 3. The second-order valence-electron chi connectivity index (χ2n) is 6.36. The minimum atomic E-state index is -3.66. The Morgan fingerprint density at radius 2 is 1.71 bits per heavy atom. The van der Waals surface area contributed by atoms with E-state index >= 15 is 0 Å². The molecule has 2 aromatic carbocycles. The number of amides is 2. The second-order valence-corrected chi connectivity index (χ2v) is 9.22. The Morgan fingerprint density at radius 1 is 0.968 bits per heavy atom. The lowest BCUT2D eigenvalue weighted by molar-refractivity contribution is 0.0938. The van der Waals surface area contributed by atoms with Gasteiger partial charge in [0.1, 0.15) is 4.21 Å². The number of carbonyl (C=O) groups is 2. The minimum absolute atomic E-state index is 0.203. The third-order valence-corrected chi connectivity index (χ3v) is 6.95. The molecule has 0 fully saturated rings. The highest BCUT2D eigenvalue weighted by Crippen LogP contribution is 2.21. The summed E-state index contributed by atoms with van der Waals surface area (Å²) in [5.41, 5.74) is 1.34. The quantitative estimate of drug-likeness (QED) is 0.425. The number of thiophene rings is 1. The number of hydrogen-bond acceptors (Lipinski definition) is 6. The van der Waals surface area contributed by atoms with Crippen molar-refractivity contribution in [3.63, 3.8) is 0 Å². The number of methoxy groups -OCH3 is 1. The molecule has 0 radical (unpaired) electrons. The van der Waals surface area contributed by atoms with Crippen LogP contribution in [0.15, 0.2) is 70.3 Å². The zero-order valence-corrected chi connectivity index (χ0v) is 18.3. The lowest BCUT2D eigenvalue weighted by Gasteiger charge is -2.12. The van der Waals surface area contributed by atoms with Crippen molar-refractivity contribution < 1.29 is 22.7 Å². The first kappa shape index (κ1) is 22.5. The van der Waals surface area contributed by atoms with Crippen LogP contribution in [-0.2, 0) is 14.8 Å². The lowest BCUT2D eigenvalue weighted by atomic mass is 10.1. The molecule has 0 saturated heterocycles. The van der Waals surface area contributed by atoms with Crippen LogP contribution in [-0.4, -0.2) is 40.5 Å². The molecule has 3 N–H and O–H groups in total. The lowest BCUT2D eigenvalue weighted by Crippen LogP contribution is -2.28. The van der Waals surface area contributed by atoms with E-state index < -0.39 is 15.9 Å². The third kappa shape index (κ3) is 5.91. The predicted octanol–water partition coefficient (Wildman–Crippen LogP) is 3.18. The fourth-order valence-electron chi connectivity index (χ4n) is 2.66. The van der Waals surface area contributed by atoms with E-state index in [1.165, 1.54) is 30.3 Å². The van der Waals surface area contributed by atoms with Gasteiger partial charge in [-0.2, -0.15) is 0 Å². The third-order valence-electron chi connectivity index (χ3n) is 4.17. The van der Waals surface area contributed by atoms with Crippen LogP contribution in [0.25, 0.3) is 0 Å². The summed E-state index contributed by atoms with van der Waals surface area (Å²) < 4.78 is 32.2. The summed E-state index contributed by atoms with van der Waals surface area (Å²) in [6.07, 6.45) is 0. The Bertz CT molecular complexity index is 1140. The van der Waals surface area contributed by atoms with E-state index in [4.69, 9.17) is 4.74 Å². The molecule has 162 valence electrons. The Hall–Kier alpha value is -3.21. The largest absolute Gasteiger partial charge is 0.383 e. The molecule has 8 nitrogen and oxygen atoms in total. The van der Waals surface area contributed by atoms with Crippen LogP contribution in [0.3, 0.4) is 0 Å². The highest BCUT2D eigenvalue weighted by atomic mass is 32.2. The van der Waals surface area contributed by atoms with Crippen molar-refractivity contribution in [1.82, 2.24) is 5.32 Å². The van der Waals surface area contributed by atoms with Gasteiger partial charge in [-0.25, -0.2) is 8.42 Å². The van der Waals surface area contributed by atoms with Gasteiger partial charge < -0.3 is 15.4 Å². The van der Waals surface area contributed by atoms with Crippen LogP contribution < -0.4 is 15.4 Å². The monoisotopic (exact) mass is 459 g/mol. The van der Waals surface area contributed by atoms with Gasteiger partial charge in [-0.1, -0.05) is 18.2 Å². The van der Waals surface area contributed by atoms with Gasteiger partial charge in [0.15, 0.2) is 0 Å². The summed E-state index contributed by atoms with van der Waals surface area (Å²) in [6.45, 7) is 0.726. The molecule has 2 amide bonds. The number of carbonyl (C=O) groups excluding carboxylic acids is 2. The van der Waals surface area contributed by atoms with Gasteiger partial charge in [0.2, 0.25) is 0 Å². The van der Waals surface area contributed by atoms with Crippen molar-refractivity contribution in [2.75, 3.05) is 30.3 Å². The van der Waals surface area contributed by atoms with Gasteiger partial charge in [0.05, 0.1) is 17.9 Å². The van der Waals surface area contributed by atoms with Crippen LogP contribution in [0.1, 0.15) is 20.7 Å². The second kappa shape index (κ2) is 10.2. The number of anilines is 2. The molecule has 0 atom stereocenters. The van der Waals surface area contributed by atoms with Gasteiger partial charge in [-0.3, -0.25) is 14.3 Å². The molecular weight excluding hydrogens is 438 g/mol. The van der Waals surface area contributed by atoms with Crippen molar-refractivity contribution in [2.45, 2.75) is 4.21 Å². The molecule has 0 aliphatic rings. The van der Waals surface area contributed by atoms with Crippen LogP contribution in [0.2, 0.25) is 0 Å². The zero-order valence-electron chi connectivity index (χ0n) is 16.6. The van der Waals surface area contributed by atoms with Crippen molar-refractivity contribution in [3.05, 3.63) is 77.2 Å². The number of nitrogens with one attached hydrogen (secondary N) is 3. The highest BCUT2D eigenvalue weighted by Gasteiger charge is 2.16. The molecule has 0 aliphatic carbocycles. The average molecular weight is 460 g/mol. The summed E-state index contributed by atoms with van der Waals surface area (Å²) >= 11 is 1.11. The smallest absolute Gasteiger partial charge is 0.271 e. The van der Waals surface area contributed by atoms with Gasteiger partial charge in [-0.05, 0) is 47.8 Å². The van der Waals surface area contributed by atoms with E-state index in [1.807, 2.05) is 0 Å². The van der Waals surface area contributed by atoms with Crippen LogP contribution >= 0.6 is 11.3 Å². The average Bonchev–Trinajstić information content (AvgIpc) is 3.30. The number of ether oxygens (including phenoxy) is 1. The molecule has 3 rings (SSSR count). The molecule has 3 aromatic rings. The summed E-state index contributed by atoms with van der Waals surface area (Å²) in [7, 11) is -2.12. The molecule has 1 heterocycles. The summed E-state index contributed by atoms with van der Waals surface area (Å²) in [6, 6.07) is 15.8. The predicted molar refractivity (Wildman–Crippen MR) is 120 cm³/mol. The van der Waals surface area contributed by atoms with E-state index in [9.17, 15) is 18.0 Å². The maximum Gasteiger partial charge on any atom is 0.271 e. The standard InChI is InChI=1S/C21H21N3O5S2/c1-29-13-12-22-21(26)17-5-2-3-6-18(17)23-20(25)15-8-10-16(11-9-15)24-31(27,28)19-7-4-14-30-19/h2-11,14,24H,12-13H2,1H3,(H,22,26)(H,23,25). The van der Waals surface area contributed by atoms with Crippen molar-refractivity contribution in [2.24, 2.45) is 0 Å². The SMILES string of the molecule is COCCNC(=O)c1ccccc1NC(=O)c1ccc(NS(=O)(=O)c2cccs2)cc1. The summed E-state index contributed by atoms with van der Waals surface area (Å²) in [5, 5.41) is 7.11. The molecule has 0 bridgehead atoms. The number of rotatable bonds is 9. The first-order valence-electron chi connectivity index (χ1n) is 9.24. The van der Waals surface area contributed by atoms with Crippen molar-refractivity contribution in [1.29, 1.82) is 0 Å². The Balaban J connectivity index is 1.68. The molecule has 10 heteroatoms. The van der Waals surface area contributed by atoms with Crippen LogP contribution in [0, 0.1) is 0 Å². The van der Waals surface area contributed by atoms with E-state index in [0.717, 1.165) is 11.3 Å². The fourth-order valence-corrected chi connectivity index (χ4v) is 4.71. The van der Waals surface area contributed by atoms with Crippen molar-refractivity contribution >= 4 is 44.5 Å².